The predicted molar refractivity (Wildman–Crippen MR) is 78.0 cm³/mol. The maximum atomic E-state index is 12.7. The Morgan fingerprint density at radius 2 is 1.89 bits per heavy atom. The van der Waals surface area contributed by atoms with Gasteiger partial charge in [0.05, 0.1) is 12.2 Å². The zero-order valence-electron chi connectivity index (χ0n) is 12.3. The maximum absolute atomic E-state index is 12.7. The minimum atomic E-state index is 0.203. The summed E-state index contributed by atoms with van der Waals surface area (Å²) in [4.78, 5) is 12.7. The molecule has 0 N–H and O–H groups in total. The van der Waals surface area contributed by atoms with Crippen LogP contribution in [0.1, 0.15) is 60.5 Å². The van der Waals surface area contributed by atoms with Gasteiger partial charge in [-0.15, -0.1) is 0 Å². The molecule has 2 heteroatoms. The fourth-order valence-electron chi connectivity index (χ4n) is 3.06. The maximum Gasteiger partial charge on any atom is 0.169 e. The zero-order valence-corrected chi connectivity index (χ0v) is 12.3. The average Bonchev–Trinajstić information content (AvgIpc) is 2.42. The molecule has 1 aliphatic rings. The normalized spacial score (nSPS) is 16.4. The van der Waals surface area contributed by atoms with Gasteiger partial charge in [-0.3, -0.25) is 4.79 Å². The van der Waals surface area contributed by atoms with Gasteiger partial charge in [-0.2, -0.15) is 0 Å². The number of ketones is 1. The zero-order chi connectivity index (χ0) is 13.8. The van der Waals surface area contributed by atoms with E-state index >= 15 is 0 Å². The minimum absolute atomic E-state index is 0.203. The fourth-order valence-corrected chi connectivity index (χ4v) is 3.06. The number of carbonyl (C=O) groups excluding carboxylic acids is 1. The molecule has 0 heterocycles. The molecule has 0 unspecified atom stereocenters. The average molecular weight is 260 g/mol. The molecule has 19 heavy (non-hydrogen) atoms. The van der Waals surface area contributed by atoms with Gasteiger partial charge in [0.1, 0.15) is 5.75 Å². The first-order chi connectivity index (χ1) is 9.13. The first-order valence-corrected chi connectivity index (χ1v) is 7.41. The van der Waals surface area contributed by atoms with Crippen LogP contribution in [0.2, 0.25) is 0 Å². The Morgan fingerprint density at radius 1 is 1.21 bits per heavy atom. The van der Waals surface area contributed by atoms with E-state index in [4.69, 9.17) is 4.74 Å². The summed E-state index contributed by atoms with van der Waals surface area (Å²) < 4.78 is 5.71. The van der Waals surface area contributed by atoms with Crippen molar-refractivity contribution in [3.8, 4) is 5.75 Å². The number of hydrogen-bond acceptors (Lipinski definition) is 2. The highest BCUT2D eigenvalue weighted by molar-refractivity contribution is 6.01. The summed E-state index contributed by atoms with van der Waals surface area (Å²) >= 11 is 0. The Morgan fingerprint density at radius 3 is 2.53 bits per heavy atom. The van der Waals surface area contributed by atoms with E-state index in [0.717, 1.165) is 35.3 Å². The summed E-state index contributed by atoms with van der Waals surface area (Å²) in [5.41, 5.74) is 3.01. The number of aryl methyl sites for hydroxylation is 2. The highest BCUT2D eigenvalue weighted by Crippen LogP contribution is 2.32. The second-order valence-electron chi connectivity index (χ2n) is 5.59. The molecule has 1 fully saturated rings. The lowest BCUT2D eigenvalue weighted by atomic mass is 9.83. The molecular formula is C17H24O2. The molecule has 0 saturated heterocycles. The Bertz CT molecular complexity index is 457. The number of ether oxygens (including phenoxy) is 1. The summed E-state index contributed by atoms with van der Waals surface area (Å²) in [6.07, 6.45) is 5.72. The predicted octanol–water partition coefficient (Wildman–Crippen LogP) is 4.47. The molecule has 1 aliphatic carbocycles. The van der Waals surface area contributed by atoms with Crippen LogP contribution >= 0.6 is 0 Å². The van der Waals surface area contributed by atoms with E-state index in [1.165, 1.54) is 19.3 Å². The molecule has 1 saturated carbocycles. The van der Waals surface area contributed by atoms with Crippen LogP contribution in [0, 0.1) is 19.8 Å². The highest BCUT2D eigenvalue weighted by atomic mass is 16.5. The molecule has 0 aliphatic heterocycles. The first-order valence-electron chi connectivity index (χ1n) is 7.41. The van der Waals surface area contributed by atoms with Crippen molar-refractivity contribution in [3.63, 3.8) is 0 Å². The largest absolute Gasteiger partial charge is 0.493 e. The molecule has 1 aromatic carbocycles. The fraction of sp³-hybridized carbons (Fsp3) is 0.588. The van der Waals surface area contributed by atoms with E-state index in [-0.39, 0.29) is 11.7 Å². The molecule has 0 radical (unpaired) electrons. The van der Waals surface area contributed by atoms with Crippen LogP contribution in [0.3, 0.4) is 0 Å². The molecule has 104 valence electrons. The summed E-state index contributed by atoms with van der Waals surface area (Å²) in [5.74, 6) is 1.28. The lowest BCUT2D eigenvalue weighted by Gasteiger charge is -2.22. The smallest absolute Gasteiger partial charge is 0.169 e. The van der Waals surface area contributed by atoms with Crippen molar-refractivity contribution < 1.29 is 9.53 Å². The molecular weight excluding hydrogens is 236 g/mol. The van der Waals surface area contributed by atoms with Crippen molar-refractivity contribution in [2.75, 3.05) is 6.61 Å². The quantitative estimate of drug-likeness (QED) is 0.747. The summed E-state index contributed by atoms with van der Waals surface area (Å²) in [6, 6.07) is 4.08. The topological polar surface area (TPSA) is 26.3 Å². The van der Waals surface area contributed by atoms with Gasteiger partial charge in [-0.1, -0.05) is 25.3 Å². The lowest BCUT2D eigenvalue weighted by Crippen LogP contribution is -2.19. The molecule has 0 amide bonds. The van der Waals surface area contributed by atoms with E-state index in [0.29, 0.717) is 6.61 Å². The van der Waals surface area contributed by atoms with Crippen molar-refractivity contribution in [2.24, 2.45) is 5.92 Å². The summed E-state index contributed by atoms with van der Waals surface area (Å²) in [6.45, 7) is 6.64. The summed E-state index contributed by atoms with van der Waals surface area (Å²) in [7, 11) is 0. The Balaban J connectivity index is 2.33. The van der Waals surface area contributed by atoms with Crippen LogP contribution in [0.4, 0.5) is 0 Å². The Labute approximate surface area is 116 Å². The van der Waals surface area contributed by atoms with E-state index in [9.17, 15) is 4.79 Å². The summed E-state index contributed by atoms with van der Waals surface area (Å²) in [5, 5.41) is 0. The van der Waals surface area contributed by atoms with Gasteiger partial charge < -0.3 is 4.74 Å². The second-order valence-corrected chi connectivity index (χ2v) is 5.59. The van der Waals surface area contributed by atoms with Crippen molar-refractivity contribution in [2.45, 2.75) is 52.9 Å². The Hall–Kier alpha value is -1.31. The number of Topliss-reactive ketones (excluding diaryl/α,β-unsaturated/α-hetero) is 1. The van der Waals surface area contributed by atoms with E-state index < -0.39 is 0 Å². The SMILES string of the molecule is CCOc1c(C)cc(C)cc1C(=O)C1CCCCC1. The second kappa shape index (κ2) is 6.23. The number of benzene rings is 1. The van der Waals surface area contributed by atoms with Crippen LogP contribution < -0.4 is 4.74 Å². The van der Waals surface area contributed by atoms with Crippen LogP contribution in [0.25, 0.3) is 0 Å². The van der Waals surface area contributed by atoms with Gasteiger partial charge >= 0.3 is 0 Å². The monoisotopic (exact) mass is 260 g/mol. The highest BCUT2D eigenvalue weighted by Gasteiger charge is 2.25. The van der Waals surface area contributed by atoms with Crippen LogP contribution in [0.15, 0.2) is 12.1 Å². The standard InChI is InChI=1S/C17H24O2/c1-4-19-17-13(3)10-12(2)11-15(17)16(18)14-8-6-5-7-9-14/h10-11,14H,4-9H2,1-3H3. The molecule has 0 spiro atoms. The van der Waals surface area contributed by atoms with Gasteiger partial charge in [-0.25, -0.2) is 0 Å². The Kier molecular flexibility index (Phi) is 4.62. The van der Waals surface area contributed by atoms with Crippen LogP contribution in [0.5, 0.6) is 5.75 Å². The van der Waals surface area contributed by atoms with Crippen molar-refractivity contribution in [3.05, 3.63) is 28.8 Å². The van der Waals surface area contributed by atoms with Gasteiger partial charge in [0.2, 0.25) is 0 Å². The third-order valence-corrected chi connectivity index (χ3v) is 3.95. The molecule has 1 aromatic rings. The van der Waals surface area contributed by atoms with Gasteiger partial charge in [0, 0.05) is 5.92 Å². The van der Waals surface area contributed by atoms with Crippen molar-refractivity contribution in [1.29, 1.82) is 0 Å². The van der Waals surface area contributed by atoms with Crippen molar-refractivity contribution in [1.82, 2.24) is 0 Å². The van der Waals surface area contributed by atoms with Gasteiger partial charge in [0.25, 0.3) is 0 Å². The number of carbonyl (C=O) groups is 1. The first kappa shape index (κ1) is 14.1. The molecule has 2 rings (SSSR count). The minimum Gasteiger partial charge on any atom is -0.493 e. The van der Waals surface area contributed by atoms with Gasteiger partial charge in [-0.05, 0) is 50.8 Å². The number of hydrogen-bond donors (Lipinski definition) is 0. The molecule has 0 bridgehead atoms. The molecule has 0 atom stereocenters. The van der Waals surface area contributed by atoms with Gasteiger partial charge in [0.15, 0.2) is 5.78 Å². The van der Waals surface area contributed by atoms with Crippen LogP contribution in [-0.4, -0.2) is 12.4 Å². The van der Waals surface area contributed by atoms with E-state index in [1.54, 1.807) is 0 Å². The third-order valence-electron chi connectivity index (χ3n) is 3.95. The van der Waals surface area contributed by atoms with Crippen LogP contribution in [-0.2, 0) is 0 Å². The molecule has 0 aromatic heterocycles. The molecule has 2 nitrogen and oxygen atoms in total. The van der Waals surface area contributed by atoms with E-state index in [2.05, 4.69) is 6.07 Å². The lowest BCUT2D eigenvalue weighted by molar-refractivity contribution is 0.0885. The van der Waals surface area contributed by atoms with E-state index in [1.807, 2.05) is 26.8 Å². The number of rotatable bonds is 4. The third kappa shape index (κ3) is 3.17. The van der Waals surface area contributed by atoms with Crippen molar-refractivity contribution >= 4 is 5.78 Å².